The van der Waals surface area contributed by atoms with Crippen molar-refractivity contribution in [1.29, 1.82) is 0 Å². The Kier molecular flexibility index (Phi) is 4.21. The van der Waals surface area contributed by atoms with E-state index in [4.69, 9.17) is 22.8 Å². The van der Waals surface area contributed by atoms with Gasteiger partial charge in [-0.15, -0.1) is 18.0 Å². The summed E-state index contributed by atoms with van der Waals surface area (Å²) in [6.07, 6.45) is 6.07. The fourth-order valence-corrected chi connectivity index (χ4v) is 1.00. The smallest absolute Gasteiger partial charge is 0.119 e. The van der Waals surface area contributed by atoms with Gasteiger partial charge in [0.05, 0.1) is 6.61 Å². The summed E-state index contributed by atoms with van der Waals surface area (Å²) in [7, 11) is 0. The van der Waals surface area contributed by atoms with Crippen molar-refractivity contribution < 1.29 is 4.74 Å². The van der Waals surface area contributed by atoms with Crippen LogP contribution in [0.5, 0.6) is 5.75 Å². The third-order valence-corrected chi connectivity index (χ3v) is 1.83. The molecular weight excluding hydrogens is 184 g/mol. The molecule has 0 saturated carbocycles. The SMILES string of the molecule is C#Cc1ccc(OCCCCl)cc1. The molecule has 0 unspecified atom stereocenters. The van der Waals surface area contributed by atoms with Gasteiger partial charge in [-0.25, -0.2) is 0 Å². The number of terminal acetylenes is 1. The third-order valence-electron chi connectivity index (χ3n) is 1.57. The van der Waals surface area contributed by atoms with E-state index in [1.165, 1.54) is 0 Å². The Morgan fingerprint density at radius 1 is 1.31 bits per heavy atom. The van der Waals surface area contributed by atoms with Gasteiger partial charge in [0.15, 0.2) is 0 Å². The van der Waals surface area contributed by atoms with Crippen LogP contribution in [-0.2, 0) is 0 Å². The molecule has 0 fully saturated rings. The van der Waals surface area contributed by atoms with Crippen molar-refractivity contribution in [1.82, 2.24) is 0 Å². The van der Waals surface area contributed by atoms with Gasteiger partial charge < -0.3 is 4.74 Å². The maximum atomic E-state index is 5.51. The Balaban J connectivity index is 2.46. The molecule has 1 rings (SSSR count). The molecule has 1 aromatic rings. The van der Waals surface area contributed by atoms with Crippen LogP contribution < -0.4 is 4.74 Å². The number of benzene rings is 1. The Morgan fingerprint density at radius 2 is 2.00 bits per heavy atom. The molecule has 0 amide bonds. The predicted octanol–water partition coefficient (Wildman–Crippen LogP) is 2.68. The lowest BCUT2D eigenvalue weighted by Crippen LogP contribution is -1.97. The molecule has 0 bridgehead atoms. The van der Waals surface area contributed by atoms with Crippen LogP contribution in [0.3, 0.4) is 0 Å². The lowest BCUT2D eigenvalue weighted by molar-refractivity contribution is 0.318. The molecule has 68 valence electrons. The number of hydrogen-bond acceptors (Lipinski definition) is 1. The van der Waals surface area contributed by atoms with Gasteiger partial charge >= 0.3 is 0 Å². The number of rotatable bonds is 4. The van der Waals surface area contributed by atoms with Crippen molar-refractivity contribution in [2.45, 2.75) is 6.42 Å². The molecular formula is C11H11ClO. The summed E-state index contributed by atoms with van der Waals surface area (Å²) in [5, 5.41) is 0. The zero-order valence-corrected chi connectivity index (χ0v) is 8.05. The first-order valence-corrected chi connectivity index (χ1v) is 4.65. The highest BCUT2D eigenvalue weighted by atomic mass is 35.5. The van der Waals surface area contributed by atoms with E-state index in [0.29, 0.717) is 12.5 Å². The van der Waals surface area contributed by atoms with Gasteiger partial charge in [0.1, 0.15) is 5.75 Å². The summed E-state index contributed by atoms with van der Waals surface area (Å²) in [4.78, 5) is 0. The molecule has 0 aliphatic heterocycles. The Bertz CT molecular complexity index is 284. The molecule has 2 heteroatoms. The summed E-state index contributed by atoms with van der Waals surface area (Å²) in [5.41, 5.74) is 0.865. The van der Waals surface area contributed by atoms with Gasteiger partial charge in [-0.05, 0) is 30.7 Å². The molecule has 0 aliphatic carbocycles. The molecule has 1 aromatic carbocycles. The van der Waals surface area contributed by atoms with Gasteiger partial charge in [-0.3, -0.25) is 0 Å². The summed E-state index contributed by atoms with van der Waals surface area (Å²) in [5.74, 6) is 4.01. The molecule has 0 radical (unpaired) electrons. The van der Waals surface area contributed by atoms with Crippen molar-refractivity contribution in [3.8, 4) is 18.1 Å². The average Bonchev–Trinajstić information content (AvgIpc) is 2.19. The summed E-state index contributed by atoms with van der Waals surface area (Å²) in [6.45, 7) is 0.652. The maximum absolute atomic E-state index is 5.51. The van der Waals surface area contributed by atoms with Crippen LogP contribution in [0.2, 0.25) is 0 Å². The first kappa shape index (κ1) is 9.95. The van der Waals surface area contributed by atoms with Crippen molar-refractivity contribution in [3.63, 3.8) is 0 Å². The summed E-state index contributed by atoms with van der Waals surface area (Å²) < 4.78 is 5.39. The normalized spacial score (nSPS) is 9.23. The van der Waals surface area contributed by atoms with Crippen LogP contribution in [0, 0.1) is 12.3 Å². The standard InChI is InChI=1S/C11H11ClO/c1-2-10-4-6-11(7-5-10)13-9-3-8-12/h1,4-7H,3,8-9H2. The second kappa shape index (κ2) is 5.50. The van der Waals surface area contributed by atoms with Crippen LogP contribution in [0.15, 0.2) is 24.3 Å². The summed E-state index contributed by atoms with van der Waals surface area (Å²) in [6, 6.07) is 7.44. The molecule has 0 atom stereocenters. The highest BCUT2D eigenvalue weighted by molar-refractivity contribution is 6.17. The van der Waals surface area contributed by atoms with E-state index in [-0.39, 0.29) is 0 Å². The first-order chi connectivity index (χ1) is 6.36. The highest BCUT2D eigenvalue weighted by Gasteiger charge is 1.92. The van der Waals surface area contributed by atoms with E-state index in [1.54, 1.807) is 0 Å². The van der Waals surface area contributed by atoms with E-state index in [0.717, 1.165) is 17.7 Å². The van der Waals surface area contributed by atoms with Crippen LogP contribution >= 0.6 is 11.6 Å². The van der Waals surface area contributed by atoms with Crippen LogP contribution in [0.25, 0.3) is 0 Å². The number of halogens is 1. The topological polar surface area (TPSA) is 9.23 Å². The minimum absolute atomic E-state index is 0.627. The largest absolute Gasteiger partial charge is 0.494 e. The van der Waals surface area contributed by atoms with Crippen LogP contribution in [-0.4, -0.2) is 12.5 Å². The number of ether oxygens (including phenoxy) is 1. The molecule has 0 heterocycles. The van der Waals surface area contributed by atoms with Crippen molar-refractivity contribution >= 4 is 11.6 Å². The first-order valence-electron chi connectivity index (χ1n) is 4.12. The van der Waals surface area contributed by atoms with Crippen molar-refractivity contribution in [2.75, 3.05) is 12.5 Å². The molecule has 0 aromatic heterocycles. The average molecular weight is 195 g/mol. The van der Waals surface area contributed by atoms with Crippen LogP contribution in [0.4, 0.5) is 0 Å². The minimum Gasteiger partial charge on any atom is -0.494 e. The van der Waals surface area contributed by atoms with Gasteiger partial charge in [-0.1, -0.05) is 5.92 Å². The van der Waals surface area contributed by atoms with E-state index in [2.05, 4.69) is 5.92 Å². The van der Waals surface area contributed by atoms with E-state index >= 15 is 0 Å². The molecule has 0 spiro atoms. The molecule has 1 nitrogen and oxygen atoms in total. The molecule has 0 saturated heterocycles. The Morgan fingerprint density at radius 3 is 2.54 bits per heavy atom. The van der Waals surface area contributed by atoms with Gasteiger partial charge in [-0.2, -0.15) is 0 Å². The third kappa shape index (κ3) is 3.40. The van der Waals surface area contributed by atoms with E-state index in [1.807, 2.05) is 24.3 Å². The van der Waals surface area contributed by atoms with E-state index in [9.17, 15) is 0 Å². The van der Waals surface area contributed by atoms with Crippen molar-refractivity contribution in [2.24, 2.45) is 0 Å². The predicted molar refractivity (Wildman–Crippen MR) is 55.2 cm³/mol. The maximum Gasteiger partial charge on any atom is 0.119 e. The van der Waals surface area contributed by atoms with Gasteiger partial charge in [0.2, 0.25) is 0 Å². The second-order valence-electron chi connectivity index (χ2n) is 2.56. The van der Waals surface area contributed by atoms with Crippen LogP contribution in [0.1, 0.15) is 12.0 Å². The lowest BCUT2D eigenvalue weighted by atomic mass is 10.2. The van der Waals surface area contributed by atoms with E-state index < -0.39 is 0 Å². The lowest BCUT2D eigenvalue weighted by Gasteiger charge is -2.03. The quantitative estimate of drug-likeness (QED) is 0.407. The second-order valence-corrected chi connectivity index (χ2v) is 2.94. The fraction of sp³-hybridized carbons (Fsp3) is 0.273. The molecule has 13 heavy (non-hydrogen) atoms. The highest BCUT2D eigenvalue weighted by Crippen LogP contribution is 2.11. The Hall–Kier alpha value is -1.13. The van der Waals surface area contributed by atoms with Gasteiger partial charge in [0, 0.05) is 11.4 Å². The monoisotopic (exact) mass is 194 g/mol. The molecule has 0 aliphatic rings. The number of hydrogen-bond donors (Lipinski definition) is 0. The summed E-state index contributed by atoms with van der Waals surface area (Å²) >= 11 is 5.51. The van der Waals surface area contributed by atoms with Crippen molar-refractivity contribution in [3.05, 3.63) is 29.8 Å². The zero-order valence-electron chi connectivity index (χ0n) is 7.29. The minimum atomic E-state index is 0.627. The number of alkyl halides is 1. The molecule has 0 N–H and O–H groups in total. The van der Waals surface area contributed by atoms with Gasteiger partial charge in [0.25, 0.3) is 0 Å². The Labute approximate surface area is 83.7 Å². The fourth-order valence-electron chi connectivity index (χ4n) is 0.892. The zero-order chi connectivity index (χ0) is 9.52.